The van der Waals surface area contributed by atoms with Gasteiger partial charge in [-0.25, -0.2) is 8.42 Å². The molecular formula is C15H22ClNO4S. The number of benzene rings is 1. The average molecular weight is 348 g/mol. The van der Waals surface area contributed by atoms with Gasteiger partial charge in [-0.1, -0.05) is 30.7 Å². The quantitative estimate of drug-likeness (QED) is 0.788. The van der Waals surface area contributed by atoms with E-state index in [0.29, 0.717) is 17.0 Å². The van der Waals surface area contributed by atoms with Gasteiger partial charge in [-0.3, -0.25) is 4.79 Å². The van der Waals surface area contributed by atoms with E-state index >= 15 is 0 Å². The number of carbonyl (C=O) groups excluding carboxylic acids is 1. The van der Waals surface area contributed by atoms with E-state index in [-0.39, 0.29) is 18.2 Å². The van der Waals surface area contributed by atoms with E-state index in [9.17, 15) is 18.3 Å². The number of hydrogen-bond acceptors (Lipinski definition) is 4. The lowest BCUT2D eigenvalue weighted by Crippen LogP contribution is -2.47. The van der Waals surface area contributed by atoms with Crippen molar-refractivity contribution in [2.75, 3.05) is 12.0 Å². The summed E-state index contributed by atoms with van der Waals surface area (Å²) in [4.78, 5) is 12.4. The highest BCUT2D eigenvalue weighted by atomic mass is 35.5. The van der Waals surface area contributed by atoms with Crippen LogP contribution < -0.4 is 5.32 Å². The van der Waals surface area contributed by atoms with Crippen molar-refractivity contribution in [3.8, 4) is 0 Å². The minimum absolute atomic E-state index is 0.0177. The van der Waals surface area contributed by atoms with Crippen LogP contribution in [0.15, 0.2) is 24.3 Å². The van der Waals surface area contributed by atoms with Crippen LogP contribution in [0.25, 0.3) is 0 Å². The van der Waals surface area contributed by atoms with Crippen molar-refractivity contribution >= 4 is 27.3 Å². The maximum absolute atomic E-state index is 12.4. The van der Waals surface area contributed by atoms with Gasteiger partial charge in [-0.2, -0.15) is 0 Å². The van der Waals surface area contributed by atoms with Crippen molar-refractivity contribution in [1.82, 2.24) is 5.32 Å². The van der Waals surface area contributed by atoms with Crippen molar-refractivity contribution < 1.29 is 18.3 Å². The summed E-state index contributed by atoms with van der Waals surface area (Å²) in [6, 6.07) is 6.15. The molecule has 0 unspecified atom stereocenters. The highest BCUT2D eigenvalue weighted by Gasteiger charge is 2.36. The molecule has 0 aromatic heterocycles. The van der Waals surface area contributed by atoms with Crippen LogP contribution in [0.3, 0.4) is 0 Å². The Morgan fingerprint density at radius 3 is 2.59 bits per heavy atom. The van der Waals surface area contributed by atoms with E-state index in [4.69, 9.17) is 11.6 Å². The molecule has 0 aliphatic heterocycles. The lowest BCUT2D eigenvalue weighted by molar-refractivity contribution is -0.142. The standard InChI is InChI=1S/C15H22ClNO4S/c1-4-15(19,12-6-5-7-13(16)10-12)14(18)17-11(2)8-9-22(3,20)21/h5-7,10-11,19H,4,8-9H2,1-3H3,(H,17,18)/t11-,15-/m0/s1. The maximum Gasteiger partial charge on any atom is 0.256 e. The number of rotatable bonds is 7. The number of halogens is 1. The molecule has 0 radical (unpaired) electrons. The normalized spacial score (nSPS) is 15.9. The first-order chi connectivity index (χ1) is 10.1. The van der Waals surface area contributed by atoms with Gasteiger partial charge in [0.1, 0.15) is 9.84 Å². The lowest BCUT2D eigenvalue weighted by atomic mass is 9.90. The van der Waals surface area contributed by atoms with Gasteiger partial charge in [0, 0.05) is 17.3 Å². The molecule has 0 aliphatic carbocycles. The first kappa shape index (κ1) is 18.9. The molecule has 0 heterocycles. The zero-order valence-corrected chi connectivity index (χ0v) is 14.5. The first-order valence-corrected chi connectivity index (χ1v) is 9.49. The number of sulfone groups is 1. The summed E-state index contributed by atoms with van der Waals surface area (Å²) in [6.45, 7) is 3.40. The summed E-state index contributed by atoms with van der Waals surface area (Å²) in [6.07, 6.45) is 1.62. The summed E-state index contributed by atoms with van der Waals surface area (Å²) in [5, 5.41) is 13.8. The van der Waals surface area contributed by atoms with Crippen molar-refractivity contribution in [1.29, 1.82) is 0 Å². The number of carbonyl (C=O) groups is 1. The monoisotopic (exact) mass is 347 g/mol. The molecule has 2 atom stereocenters. The molecular weight excluding hydrogens is 326 g/mol. The predicted molar refractivity (Wildman–Crippen MR) is 87.6 cm³/mol. The fraction of sp³-hybridized carbons (Fsp3) is 0.533. The molecule has 1 aromatic carbocycles. The van der Waals surface area contributed by atoms with E-state index in [1.54, 1.807) is 38.1 Å². The average Bonchev–Trinajstić information content (AvgIpc) is 2.43. The highest BCUT2D eigenvalue weighted by molar-refractivity contribution is 7.90. The summed E-state index contributed by atoms with van der Waals surface area (Å²) in [7, 11) is -3.09. The second-order valence-corrected chi connectivity index (χ2v) is 8.21. The molecule has 1 amide bonds. The zero-order chi connectivity index (χ0) is 17.0. The summed E-state index contributed by atoms with van der Waals surface area (Å²) in [5.41, 5.74) is -1.28. The molecule has 0 aliphatic rings. The number of hydrogen-bond donors (Lipinski definition) is 2. The third-order valence-electron chi connectivity index (χ3n) is 3.49. The molecule has 1 aromatic rings. The fourth-order valence-electron chi connectivity index (χ4n) is 2.05. The van der Waals surface area contributed by atoms with Crippen molar-refractivity contribution in [2.24, 2.45) is 0 Å². The maximum atomic E-state index is 12.4. The minimum Gasteiger partial charge on any atom is -0.375 e. The molecule has 0 fully saturated rings. The zero-order valence-electron chi connectivity index (χ0n) is 13.0. The lowest BCUT2D eigenvalue weighted by Gasteiger charge is -2.28. The summed E-state index contributed by atoms with van der Waals surface area (Å²) >= 11 is 5.91. The van der Waals surface area contributed by atoms with Gasteiger partial charge in [-0.05, 0) is 37.5 Å². The fourth-order valence-corrected chi connectivity index (χ4v) is 3.02. The van der Waals surface area contributed by atoms with Crippen LogP contribution in [0.4, 0.5) is 0 Å². The Morgan fingerprint density at radius 2 is 2.09 bits per heavy atom. The van der Waals surface area contributed by atoms with E-state index in [1.165, 1.54) is 0 Å². The Kier molecular flexibility index (Phi) is 6.40. The number of aliphatic hydroxyl groups is 1. The Morgan fingerprint density at radius 1 is 1.45 bits per heavy atom. The second kappa shape index (κ2) is 7.44. The predicted octanol–water partition coefficient (Wildman–Crippen LogP) is 1.88. The molecule has 7 heteroatoms. The van der Waals surface area contributed by atoms with Crippen LogP contribution >= 0.6 is 11.6 Å². The minimum atomic E-state index is -3.09. The van der Waals surface area contributed by atoms with Crippen LogP contribution in [0, 0.1) is 0 Å². The van der Waals surface area contributed by atoms with E-state index < -0.39 is 21.3 Å². The first-order valence-electron chi connectivity index (χ1n) is 7.05. The van der Waals surface area contributed by atoms with Crippen LogP contribution in [-0.2, 0) is 20.2 Å². The summed E-state index contributed by atoms with van der Waals surface area (Å²) < 4.78 is 22.3. The Balaban J connectivity index is 2.84. The molecule has 2 N–H and O–H groups in total. The number of nitrogens with one attached hydrogen (secondary N) is 1. The largest absolute Gasteiger partial charge is 0.375 e. The molecule has 124 valence electrons. The van der Waals surface area contributed by atoms with Gasteiger partial charge < -0.3 is 10.4 Å². The van der Waals surface area contributed by atoms with Crippen LogP contribution in [0.5, 0.6) is 0 Å². The number of amides is 1. The third-order valence-corrected chi connectivity index (χ3v) is 4.70. The van der Waals surface area contributed by atoms with E-state index in [2.05, 4.69) is 5.32 Å². The van der Waals surface area contributed by atoms with Gasteiger partial charge in [-0.15, -0.1) is 0 Å². The molecule has 0 spiro atoms. The van der Waals surface area contributed by atoms with Crippen LogP contribution in [0.2, 0.25) is 5.02 Å². The molecule has 1 rings (SSSR count). The van der Waals surface area contributed by atoms with E-state index in [1.807, 2.05) is 0 Å². The molecule has 0 bridgehead atoms. The molecule has 5 nitrogen and oxygen atoms in total. The van der Waals surface area contributed by atoms with Crippen molar-refractivity contribution in [2.45, 2.75) is 38.3 Å². The second-order valence-electron chi connectivity index (χ2n) is 5.52. The van der Waals surface area contributed by atoms with Crippen molar-refractivity contribution in [3.63, 3.8) is 0 Å². The van der Waals surface area contributed by atoms with Gasteiger partial charge >= 0.3 is 0 Å². The topological polar surface area (TPSA) is 83.5 Å². The Hall–Kier alpha value is -1.11. The van der Waals surface area contributed by atoms with Gasteiger partial charge in [0.25, 0.3) is 5.91 Å². The van der Waals surface area contributed by atoms with Crippen molar-refractivity contribution in [3.05, 3.63) is 34.9 Å². The van der Waals surface area contributed by atoms with Gasteiger partial charge in [0.15, 0.2) is 5.60 Å². The smallest absolute Gasteiger partial charge is 0.256 e. The van der Waals surface area contributed by atoms with Gasteiger partial charge in [0.2, 0.25) is 0 Å². The summed E-state index contributed by atoms with van der Waals surface area (Å²) in [5.74, 6) is -0.575. The highest BCUT2D eigenvalue weighted by Crippen LogP contribution is 2.27. The Labute approximate surface area is 136 Å². The molecule has 0 saturated carbocycles. The van der Waals surface area contributed by atoms with E-state index in [0.717, 1.165) is 6.26 Å². The Bertz CT molecular complexity index is 632. The SMILES string of the molecule is CC[C@@](O)(C(=O)N[C@@H](C)CCS(C)(=O)=O)c1cccc(Cl)c1. The third kappa shape index (κ3) is 5.26. The molecule has 0 saturated heterocycles. The van der Waals surface area contributed by atoms with Gasteiger partial charge in [0.05, 0.1) is 5.75 Å². The van der Waals surface area contributed by atoms with Crippen LogP contribution in [-0.4, -0.2) is 37.5 Å². The van der Waals surface area contributed by atoms with Crippen LogP contribution in [0.1, 0.15) is 32.3 Å². The molecule has 22 heavy (non-hydrogen) atoms.